The maximum absolute atomic E-state index is 13.3. The van der Waals surface area contributed by atoms with Crippen LogP contribution in [0.25, 0.3) is 0 Å². The van der Waals surface area contributed by atoms with Crippen LogP contribution in [0.3, 0.4) is 0 Å². The number of amides is 1. The highest BCUT2D eigenvalue weighted by Gasteiger charge is 2.39. The number of benzene rings is 2. The number of rotatable bonds is 4. The number of nitrogens with zero attached hydrogens (tertiary/aromatic N) is 1. The summed E-state index contributed by atoms with van der Waals surface area (Å²) in [5.41, 5.74) is 0.0711. The number of nitrogens with one attached hydrogen (secondary N) is 1. The molecule has 9 heteroatoms. The van der Waals surface area contributed by atoms with Crippen LogP contribution in [0.1, 0.15) is 12.8 Å². The van der Waals surface area contributed by atoms with Gasteiger partial charge in [0, 0.05) is 22.8 Å². The molecule has 0 bridgehead atoms. The van der Waals surface area contributed by atoms with Crippen molar-refractivity contribution in [3.63, 3.8) is 0 Å². The molecule has 0 aliphatic carbocycles. The number of carbonyl (C=O) groups excluding carboxylic acids is 1. The Morgan fingerprint density at radius 3 is 2.46 bits per heavy atom. The Hall–Kier alpha value is -1.84. The predicted molar refractivity (Wildman–Crippen MR) is 96.0 cm³/mol. The van der Waals surface area contributed by atoms with Crippen LogP contribution in [-0.4, -0.2) is 31.2 Å². The monoisotopic (exact) mass is 444 g/mol. The van der Waals surface area contributed by atoms with Gasteiger partial charge in [0.25, 0.3) is 0 Å². The number of hydrogen-bond donors (Lipinski definition) is 1. The Kier molecular flexibility index (Phi) is 5.40. The lowest BCUT2D eigenvalue weighted by molar-refractivity contribution is -0.119. The highest BCUT2D eigenvalue weighted by atomic mass is 79.9. The molecule has 1 fully saturated rings. The van der Waals surface area contributed by atoms with Gasteiger partial charge in [-0.2, -0.15) is 4.31 Å². The van der Waals surface area contributed by atoms with E-state index in [0.717, 1.165) is 20.9 Å². The average molecular weight is 445 g/mol. The molecule has 1 amide bonds. The van der Waals surface area contributed by atoms with E-state index in [2.05, 4.69) is 21.2 Å². The Morgan fingerprint density at radius 2 is 1.81 bits per heavy atom. The molecule has 0 radical (unpaired) electrons. The highest BCUT2D eigenvalue weighted by Crippen LogP contribution is 2.28. The third kappa shape index (κ3) is 3.79. The quantitative estimate of drug-likeness (QED) is 0.784. The summed E-state index contributed by atoms with van der Waals surface area (Å²) in [5.74, 6) is -2.69. The fraction of sp³-hybridized carbons (Fsp3) is 0.235. The molecule has 1 aliphatic rings. The number of anilines is 1. The Labute approximate surface area is 158 Å². The van der Waals surface area contributed by atoms with E-state index in [4.69, 9.17) is 0 Å². The summed E-state index contributed by atoms with van der Waals surface area (Å²) in [7, 11) is -3.84. The fourth-order valence-electron chi connectivity index (χ4n) is 2.83. The maximum Gasteiger partial charge on any atom is 0.243 e. The van der Waals surface area contributed by atoms with Crippen LogP contribution in [0.2, 0.25) is 0 Å². The van der Waals surface area contributed by atoms with Gasteiger partial charge in [0.15, 0.2) is 11.6 Å². The fourth-order valence-corrected chi connectivity index (χ4v) is 4.75. The zero-order valence-electron chi connectivity index (χ0n) is 13.5. The molecule has 0 saturated carbocycles. The molecule has 1 aliphatic heterocycles. The summed E-state index contributed by atoms with van der Waals surface area (Å²) in [6.07, 6.45) is 0.886. The molecule has 1 heterocycles. The summed E-state index contributed by atoms with van der Waals surface area (Å²) in [4.78, 5) is 12.6. The van der Waals surface area contributed by atoms with Crippen molar-refractivity contribution in [3.8, 4) is 0 Å². The van der Waals surface area contributed by atoms with Gasteiger partial charge in [-0.25, -0.2) is 17.2 Å². The SMILES string of the molecule is O=C(Nc1ccc(F)c(F)c1)[C@H]1CCCN1S(=O)(=O)c1ccc(Br)cc1. The normalized spacial score (nSPS) is 18.0. The van der Waals surface area contributed by atoms with Gasteiger partial charge in [-0.05, 0) is 49.2 Å². The predicted octanol–water partition coefficient (Wildman–Crippen LogP) is 3.52. The summed E-state index contributed by atoms with van der Waals surface area (Å²) < 4.78 is 53.8. The third-order valence-electron chi connectivity index (χ3n) is 4.11. The lowest BCUT2D eigenvalue weighted by Gasteiger charge is -2.23. The molecular weight excluding hydrogens is 430 g/mol. The maximum atomic E-state index is 13.3. The molecule has 138 valence electrons. The first-order valence-corrected chi connectivity index (χ1v) is 10.1. The zero-order valence-corrected chi connectivity index (χ0v) is 15.9. The van der Waals surface area contributed by atoms with Gasteiger partial charge in [0.05, 0.1) is 4.90 Å². The topological polar surface area (TPSA) is 66.5 Å². The Morgan fingerprint density at radius 1 is 1.12 bits per heavy atom. The van der Waals surface area contributed by atoms with Crippen molar-refractivity contribution in [2.24, 2.45) is 0 Å². The van der Waals surface area contributed by atoms with Crippen molar-refractivity contribution < 1.29 is 22.0 Å². The molecule has 0 aromatic heterocycles. The summed E-state index contributed by atoms with van der Waals surface area (Å²) in [6, 6.07) is 8.21. The first-order chi connectivity index (χ1) is 12.3. The van der Waals surface area contributed by atoms with Crippen LogP contribution < -0.4 is 5.32 Å². The zero-order chi connectivity index (χ0) is 18.9. The number of halogens is 3. The van der Waals surface area contributed by atoms with Crippen molar-refractivity contribution in [2.45, 2.75) is 23.8 Å². The van der Waals surface area contributed by atoms with Crippen LogP contribution in [0.5, 0.6) is 0 Å². The second kappa shape index (κ2) is 7.42. The van der Waals surface area contributed by atoms with Gasteiger partial charge >= 0.3 is 0 Å². The molecule has 2 aromatic rings. The van der Waals surface area contributed by atoms with E-state index in [1.165, 1.54) is 18.2 Å². The van der Waals surface area contributed by atoms with Crippen molar-refractivity contribution in [2.75, 3.05) is 11.9 Å². The van der Waals surface area contributed by atoms with E-state index in [-0.39, 0.29) is 17.1 Å². The van der Waals surface area contributed by atoms with Crippen LogP contribution >= 0.6 is 15.9 Å². The van der Waals surface area contributed by atoms with Gasteiger partial charge in [0.1, 0.15) is 6.04 Å². The first-order valence-electron chi connectivity index (χ1n) is 7.82. The number of hydrogen-bond acceptors (Lipinski definition) is 3. The van der Waals surface area contributed by atoms with Crippen molar-refractivity contribution in [1.29, 1.82) is 0 Å². The minimum atomic E-state index is -3.84. The molecule has 3 rings (SSSR count). The largest absolute Gasteiger partial charge is 0.325 e. The Bertz CT molecular complexity index is 936. The lowest BCUT2D eigenvalue weighted by Crippen LogP contribution is -2.43. The van der Waals surface area contributed by atoms with Crippen LogP contribution in [0.15, 0.2) is 51.8 Å². The lowest BCUT2D eigenvalue weighted by atomic mass is 10.2. The first kappa shape index (κ1) is 18.9. The second-order valence-corrected chi connectivity index (χ2v) is 8.65. The van der Waals surface area contributed by atoms with Gasteiger partial charge in [0.2, 0.25) is 15.9 Å². The molecule has 1 atom stereocenters. The van der Waals surface area contributed by atoms with Gasteiger partial charge in [-0.3, -0.25) is 4.79 Å². The van der Waals surface area contributed by atoms with Crippen LogP contribution in [0.4, 0.5) is 14.5 Å². The third-order valence-corrected chi connectivity index (χ3v) is 6.56. The summed E-state index contributed by atoms with van der Waals surface area (Å²) in [5, 5.41) is 2.46. The average Bonchev–Trinajstić information content (AvgIpc) is 3.09. The van der Waals surface area contributed by atoms with Crippen LogP contribution in [-0.2, 0) is 14.8 Å². The van der Waals surface area contributed by atoms with E-state index in [1.807, 2.05) is 0 Å². The summed E-state index contributed by atoms with van der Waals surface area (Å²) in [6.45, 7) is 0.217. The van der Waals surface area contributed by atoms with E-state index < -0.39 is 33.6 Å². The van der Waals surface area contributed by atoms with E-state index in [1.54, 1.807) is 12.1 Å². The second-order valence-electron chi connectivity index (χ2n) is 5.85. The standard InChI is InChI=1S/C17H15BrF2N2O3S/c18-11-3-6-13(7-4-11)26(24,25)22-9-1-2-16(22)17(23)21-12-5-8-14(19)15(20)10-12/h3-8,10,16H,1-2,9H2,(H,21,23)/t16-/m1/s1. The molecule has 1 N–H and O–H groups in total. The highest BCUT2D eigenvalue weighted by molar-refractivity contribution is 9.10. The molecule has 5 nitrogen and oxygen atoms in total. The van der Waals surface area contributed by atoms with Crippen molar-refractivity contribution in [3.05, 3.63) is 58.6 Å². The number of sulfonamides is 1. The van der Waals surface area contributed by atoms with E-state index >= 15 is 0 Å². The minimum absolute atomic E-state index is 0.0711. The smallest absolute Gasteiger partial charge is 0.243 e. The van der Waals surface area contributed by atoms with Crippen molar-refractivity contribution >= 4 is 37.5 Å². The van der Waals surface area contributed by atoms with Gasteiger partial charge in [-0.15, -0.1) is 0 Å². The molecule has 26 heavy (non-hydrogen) atoms. The van der Waals surface area contributed by atoms with Crippen LogP contribution in [0, 0.1) is 11.6 Å². The molecular formula is C17H15BrF2N2O3S. The molecule has 2 aromatic carbocycles. The van der Waals surface area contributed by atoms with E-state index in [0.29, 0.717) is 12.8 Å². The molecule has 0 spiro atoms. The van der Waals surface area contributed by atoms with Gasteiger partial charge in [-0.1, -0.05) is 15.9 Å². The number of carbonyl (C=O) groups is 1. The van der Waals surface area contributed by atoms with E-state index in [9.17, 15) is 22.0 Å². The van der Waals surface area contributed by atoms with Gasteiger partial charge < -0.3 is 5.32 Å². The summed E-state index contributed by atoms with van der Waals surface area (Å²) >= 11 is 3.25. The Balaban J connectivity index is 1.81. The van der Waals surface area contributed by atoms with Crippen molar-refractivity contribution in [1.82, 2.24) is 4.31 Å². The molecule has 0 unspecified atom stereocenters. The minimum Gasteiger partial charge on any atom is -0.325 e. The molecule has 1 saturated heterocycles.